The van der Waals surface area contributed by atoms with E-state index in [-0.39, 0.29) is 29.2 Å². The van der Waals surface area contributed by atoms with Crippen molar-refractivity contribution >= 4 is 57.9 Å². The third-order valence-electron chi connectivity index (χ3n) is 5.19. The van der Waals surface area contributed by atoms with Crippen molar-refractivity contribution < 1.29 is 19.9 Å². The maximum Gasteiger partial charge on any atom is 0.253 e. The maximum absolute atomic E-state index is 12.5. The highest BCUT2D eigenvalue weighted by Gasteiger charge is 2.25. The number of morpholine rings is 1. The van der Waals surface area contributed by atoms with Crippen molar-refractivity contribution in [3.63, 3.8) is 0 Å². The van der Waals surface area contributed by atoms with E-state index in [0.717, 1.165) is 0 Å². The number of nitrogen functional groups attached to an aromatic ring is 1. The van der Waals surface area contributed by atoms with Crippen LogP contribution in [0.15, 0.2) is 42.5 Å². The Balaban J connectivity index is 1.50. The normalized spacial score (nSPS) is 13.6. The van der Waals surface area contributed by atoms with Crippen LogP contribution in [0.1, 0.15) is 0 Å². The third kappa shape index (κ3) is 5.84. The summed E-state index contributed by atoms with van der Waals surface area (Å²) >= 11 is 12.5. The van der Waals surface area contributed by atoms with Gasteiger partial charge < -0.3 is 26.0 Å². The molecule has 3 heterocycles. The Labute approximate surface area is 211 Å². The van der Waals surface area contributed by atoms with Crippen molar-refractivity contribution in [2.75, 3.05) is 59.3 Å². The molecule has 4 rings (SSSR count). The molecule has 13 heteroatoms. The number of halogens is 2. The molecule has 0 radical (unpaired) electrons. The number of benzene rings is 1. The Morgan fingerprint density at radius 3 is 2.43 bits per heavy atom. The van der Waals surface area contributed by atoms with E-state index in [4.69, 9.17) is 49.1 Å². The van der Waals surface area contributed by atoms with Gasteiger partial charge in [-0.05, 0) is 42.5 Å². The molecular weight excluding hydrogens is 497 g/mol. The van der Waals surface area contributed by atoms with E-state index in [9.17, 15) is 4.79 Å². The fourth-order valence-corrected chi connectivity index (χ4v) is 4.03. The quantitative estimate of drug-likeness (QED) is 0.221. The first-order valence-electron chi connectivity index (χ1n) is 10.6. The van der Waals surface area contributed by atoms with Gasteiger partial charge in [0, 0.05) is 30.2 Å². The van der Waals surface area contributed by atoms with Gasteiger partial charge in [-0.15, -0.1) is 5.23 Å². The van der Waals surface area contributed by atoms with E-state index in [1.807, 2.05) is 6.07 Å². The molecule has 0 unspecified atom stereocenters. The lowest BCUT2D eigenvalue weighted by Crippen LogP contribution is -2.42. The zero-order valence-electron chi connectivity index (χ0n) is 18.4. The SMILES string of the molecule is Nc1nc(NCCNc2ccc(N3CCOCC3=O)c(-c3ccc(Cl)cc3Cl)n2)ccc1N(O)O. The molecule has 11 nitrogen and oxygen atoms in total. The van der Waals surface area contributed by atoms with E-state index in [0.29, 0.717) is 64.9 Å². The minimum atomic E-state index is -0.155. The second kappa shape index (κ2) is 10.9. The Kier molecular flexibility index (Phi) is 7.73. The van der Waals surface area contributed by atoms with Gasteiger partial charge in [0.2, 0.25) is 0 Å². The van der Waals surface area contributed by atoms with Crippen LogP contribution in [0.25, 0.3) is 11.3 Å². The van der Waals surface area contributed by atoms with Gasteiger partial charge in [-0.2, -0.15) is 0 Å². The molecule has 1 amide bonds. The number of anilines is 5. The number of carbonyl (C=O) groups is 1. The molecule has 1 aliphatic rings. The Morgan fingerprint density at radius 2 is 1.77 bits per heavy atom. The van der Waals surface area contributed by atoms with Gasteiger partial charge in [0.05, 0.1) is 23.0 Å². The summed E-state index contributed by atoms with van der Waals surface area (Å²) in [6.07, 6.45) is 0. The van der Waals surface area contributed by atoms with Crippen LogP contribution in [-0.2, 0) is 9.53 Å². The number of hydrogen-bond donors (Lipinski definition) is 5. The maximum atomic E-state index is 12.5. The van der Waals surface area contributed by atoms with Crippen molar-refractivity contribution in [2.45, 2.75) is 0 Å². The van der Waals surface area contributed by atoms with Crippen molar-refractivity contribution in [1.29, 1.82) is 0 Å². The minimum Gasteiger partial charge on any atom is -0.382 e. The smallest absolute Gasteiger partial charge is 0.253 e. The number of rotatable bonds is 8. The lowest BCUT2D eigenvalue weighted by Gasteiger charge is -2.28. The van der Waals surface area contributed by atoms with Gasteiger partial charge in [0.25, 0.3) is 5.91 Å². The molecule has 6 N–H and O–H groups in total. The molecule has 2 aromatic heterocycles. The first kappa shape index (κ1) is 24.8. The second-order valence-corrected chi connectivity index (χ2v) is 8.37. The molecule has 0 saturated carbocycles. The highest BCUT2D eigenvalue weighted by atomic mass is 35.5. The number of hydrogen-bond acceptors (Lipinski definition) is 10. The molecule has 0 atom stereocenters. The van der Waals surface area contributed by atoms with Gasteiger partial charge >= 0.3 is 0 Å². The summed E-state index contributed by atoms with van der Waals surface area (Å²) in [6.45, 7) is 1.80. The first-order chi connectivity index (χ1) is 16.8. The number of amides is 1. The molecule has 35 heavy (non-hydrogen) atoms. The molecule has 1 saturated heterocycles. The van der Waals surface area contributed by atoms with Crippen LogP contribution in [0.2, 0.25) is 10.0 Å². The minimum absolute atomic E-state index is 0.00757. The highest BCUT2D eigenvalue weighted by Crippen LogP contribution is 2.36. The van der Waals surface area contributed by atoms with E-state index in [1.54, 1.807) is 35.2 Å². The van der Waals surface area contributed by atoms with Crippen molar-refractivity contribution in [1.82, 2.24) is 9.97 Å². The number of pyridine rings is 2. The Bertz CT molecular complexity index is 1230. The summed E-state index contributed by atoms with van der Waals surface area (Å²) in [5.41, 5.74) is 7.50. The van der Waals surface area contributed by atoms with Crippen LogP contribution in [0.4, 0.5) is 28.8 Å². The number of ether oxygens (including phenoxy) is 1. The summed E-state index contributed by atoms with van der Waals surface area (Å²) in [5, 5.41) is 25.3. The number of aromatic nitrogens is 2. The van der Waals surface area contributed by atoms with Crippen LogP contribution in [-0.4, -0.2) is 59.1 Å². The molecule has 1 fully saturated rings. The standard InChI is InChI=1S/C22H23Cl2N7O4/c23-13-1-2-14(15(24)11-13)21-16(30-9-10-35-12-20(30)32)3-5-18(28-21)26-7-8-27-19-6-4-17(31(33)34)22(25)29-19/h1-6,11,33-34H,7-10,12H2,(H,26,28)(H3,25,27,29). The van der Waals surface area contributed by atoms with E-state index >= 15 is 0 Å². The monoisotopic (exact) mass is 519 g/mol. The van der Waals surface area contributed by atoms with Gasteiger partial charge in [0.1, 0.15) is 23.9 Å². The molecule has 3 aromatic rings. The summed E-state index contributed by atoms with van der Waals surface area (Å²) in [6, 6.07) is 11.7. The van der Waals surface area contributed by atoms with Gasteiger partial charge in [-0.1, -0.05) is 23.2 Å². The zero-order chi connectivity index (χ0) is 24.9. The fourth-order valence-electron chi connectivity index (χ4n) is 3.54. The van der Waals surface area contributed by atoms with Crippen LogP contribution >= 0.6 is 23.2 Å². The van der Waals surface area contributed by atoms with E-state index in [1.165, 1.54) is 6.07 Å². The van der Waals surface area contributed by atoms with E-state index in [2.05, 4.69) is 15.6 Å². The van der Waals surface area contributed by atoms with Crippen LogP contribution in [0.3, 0.4) is 0 Å². The lowest BCUT2D eigenvalue weighted by atomic mass is 10.1. The lowest BCUT2D eigenvalue weighted by molar-refractivity contribution is -0.125. The molecule has 0 aliphatic carbocycles. The summed E-state index contributed by atoms with van der Waals surface area (Å²) in [5.74, 6) is 0.860. The zero-order valence-corrected chi connectivity index (χ0v) is 19.9. The topological polar surface area (TPSA) is 149 Å². The highest BCUT2D eigenvalue weighted by molar-refractivity contribution is 6.36. The van der Waals surface area contributed by atoms with Gasteiger partial charge in [-0.25, -0.2) is 9.97 Å². The van der Waals surface area contributed by atoms with Crippen LogP contribution < -0.4 is 26.5 Å². The van der Waals surface area contributed by atoms with Crippen molar-refractivity contribution in [2.24, 2.45) is 0 Å². The molecule has 1 aromatic carbocycles. The van der Waals surface area contributed by atoms with Gasteiger partial charge in [-0.3, -0.25) is 15.2 Å². The number of nitrogens with zero attached hydrogens (tertiary/aromatic N) is 4. The van der Waals surface area contributed by atoms with E-state index < -0.39 is 0 Å². The van der Waals surface area contributed by atoms with Crippen molar-refractivity contribution in [3.05, 3.63) is 52.5 Å². The predicted molar refractivity (Wildman–Crippen MR) is 135 cm³/mol. The van der Waals surface area contributed by atoms with Crippen LogP contribution in [0, 0.1) is 0 Å². The molecular formula is C22H23Cl2N7O4. The Hall–Kier alpha value is -3.35. The van der Waals surface area contributed by atoms with Crippen LogP contribution in [0.5, 0.6) is 0 Å². The average Bonchev–Trinajstić information content (AvgIpc) is 2.82. The first-order valence-corrected chi connectivity index (χ1v) is 11.4. The third-order valence-corrected chi connectivity index (χ3v) is 5.74. The summed E-state index contributed by atoms with van der Waals surface area (Å²) < 4.78 is 5.26. The van der Waals surface area contributed by atoms with Crippen molar-refractivity contribution in [3.8, 4) is 11.3 Å². The summed E-state index contributed by atoms with van der Waals surface area (Å²) in [7, 11) is 0. The molecule has 184 valence electrons. The number of nitrogens with one attached hydrogen (secondary N) is 2. The number of nitrogens with two attached hydrogens (primary N) is 1. The Morgan fingerprint density at radius 1 is 1.06 bits per heavy atom. The van der Waals surface area contributed by atoms with Gasteiger partial charge in [0.15, 0.2) is 5.82 Å². The average molecular weight is 520 g/mol. The fraction of sp³-hybridized carbons (Fsp3) is 0.227. The number of carbonyl (C=O) groups excluding carboxylic acids is 1. The molecule has 0 bridgehead atoms. The second-order valence-electron chi connectivity index (χ2n) is 7.53. The largest absolute Gasteiger partial charge is 0.382 e. The predicted octanol–water partition coefficient (Wildman–Crippen LogP) is 3.50. The molecule has 0 spiro atoms. The summed E-state index contributed by atoms with van der Waals surface area (Å²) in [4.78, 5) is 22.9. The molecule has 1 aliphatic heterocycles.